The first kappa shape index (κ1) is 20.3. The molecule has 0 unspecified atom stereocenters. The van der Waals surface area contributed by atoms with Gasteiger partial charge in [0.1, 0.15) is 18.0 Å². The number of rotatable bonds is 8. The van der Waals surface area contributed by atoms with Crippen LogP contribution in [0.1, 0.15) is 16.1 Å². The smallest absolute Gasteiger partial charge is 0.280 e. The van der Waals surface area contributed by atoms with E-state index in [0.29, 0.717) is 18.0 Å². The third kappa shape index (κ3) is 5.29. The maximum Gasteiger partial charge on any atom is 0.280 e. The number of amides is 2. The van der Waals surface area contributed by atoms with E-state index in [2.05, 4.69) is 14.9 Å². The van der Waals surface area contributed by atoms with Gasteiger partial charge in [-0.3, -0.25) is 14.5 Å². The quantitative estimate of drug-likeness (QED) is 0.611. The van der Waals surface area contributed by atoms with Gasteiger partial charge in [-0.1, -0.05) is 16.6 Å². The van der Waals surface area contributed by atoms with Gasteiger partial charge in [-0.2, -0.15) is 0 Å². The van der Waals surface area contributed by atoms with Crippen molar-refractivity contribution in [1.29, 1.82) is 0 Å². The second kappa shape index (κ2) is 9.65. The zero-order valence-corrected chi connectivity index (χ0v) is 16.8. The summed E-state index contributed by atoms with van der Waals surface area (Å²) in [6.45, 7) is 0.185. The van der Waals surface area contributed by atoms with Crippen LogP contribution in [0.15, 0.2) is 53.9 Å². The van der Waals surface area contributed by atoms with Gasteiger partial charge in [0, 0.05) is 17.6 Å². The van der Waals surface area contributed by atoms with Crippen LogP contribution in [0, 0.1) is 0 Å². The number of methoxy groups -OCH3 is 2. The summed E-state index contributed by atoms with van der Waals surface area (Å²) >= 11 is 1.08. The summed E-state index contributed by atoms with van der Waals surface area (Å²) in [5, 5.41) is 8.20. The summed E-state index contributed by atoms with van der Waals surface area (Å²) < 4.78 is 14.0. The van der Waals surface area contributed by atoms with Crippen molar-refractivity contribution in [3.8, 4) is 11.5 Å². The molecule has 0 fully saturated rings. The number of benzene rings is 2. The van der Waals surface area contributed by atoms with Crippen LogP contribution in [0.2, 0.25) is 0 Å². The number of ether oxygens (including phenoxy) is 2. The molecule has 1 aromatic heterocycles. The molecule has 150 valence electrons. The van der Waals surface area contributed by atoms with Crippen molar-refractivity contribution in [3.63, 3.8) is 0 Å². The largest absolute Gasteiger partial charge is 0.497 e. The maximum atomic E-state index is 12.8. The van der Waals surface area contributed by atoms with Gasteiger partial charge in [-0.25, -0.2) is 0 Å². The molecule has 1 N–H and O–H groups in total. The van der Waals surface area contributed by atoms with E-state index in [-0.39, 0.29) is 18.1 Å². The monoisotopic (exact) mass is 412 g/mol. The van der Waals surface area contributed by atoms with E-state index >= 15 is 0 Å². The number of anilines is 1. The van der Waals surface area contributed by atoms with E-state index in [1.807, 2.05) is 24.3 Å². The highest BCUT2D eigenvalue weighted by molar-refractivity contribution is 7.03. The van der Waals surface area contributed by atoms with Crippen molar-refractivity contribution in [2.45, 2.75) is 6.54 Å². The predicted octanol–water partition coefficient (Wildman–Crippen LogP) is 2.52. The molecule has 0 aliphatic heterocycles. The number of nitrogens with zero attached hydrogens (tertiary/aromatic N) is 3. The Balaban J connectivity index is 1.71. The van der Waals surface area contributed by atoms with Crippen LogP contribution in [0.3, 0.4) is 0 Å². The fraction of sp³-hybridized carbons (Fsp3) is 0.200. The van der Waals surface area contributed by atoms with Crippen molar-refractivity contribution in [1.82, 2.24) is 14.9 Å². The van der Waals surface area contributed by atoms with Crippen molar-refractivity contribution in [2.75, 3.05) is 25.7 Å². The molecule has 2 amide bonds. The van der Waals surface area contributed by atoms with Gasteiger partial charge in [0.15, 0.2) is 5.69 Å². The molecule has 29 heavy (non-hydrogen) atoms. The molecule has 3 rings (SSSR count). The second-order valence-corrected chi connectivity index (χ2v) is 6.61. The number of nitrogens with one attached hydrogen (secondary N) is 1. The number of aromatic nitrogens is 2. The average Bonchev–Trinajstić information content (AvgIpc) is 3.31. The number of hydrogen-bond donors (Lipinski definition) is 1. The van der Waals surface area contributed by atoms with Gasteiger partial charge in [-0.15, -0.1) is 5.10 Å². The standard InChI is InChI=1S/C20H20N4O4S/c1-27-16-7-3-14(4-8-16)11-21-19(25)12-24(20(26)18-13-29-23-22-18)15-5-9-17(28-2)10-6-15/h3-10,13H,11-12H2,1-2H3,(H,21,25). The molecule has 0 spiro atoms. The summed E-state index contributed by atoms with van der Waals surface area (Å²) in [6, 6.07) is 14.3. The minimum absolute atomic E-state index is 0.154. The van der Waals surface area contributed by atoms with Crippen LogP contribution >= 0.6 is 11.5 Å². The Labute approximate surface area is 172 Å². The van der Waals surface area contributed by atoms with Crippen LogP contribution < -0.4 is 19.7 Å². The maximum absolute atomic E-state index is 12.8. The molecule has 0 saturated heterocycles. The molecule has 8 nitrogen and oxygen atoms in total. The third-order valence-corrected chi connectivity index (χ3v) is 4.66. The Morgan fingerprint density at radius 1 is 1.00 bits per heavy atom. The first-order valence-corrected chi connectivity index (χ1v) is 9.57. The Kier molecular flexibility index (Phi) is 6.75. The fourth-order valence-corrected chi connectivity index (χ4v) is 3.01. The Morgan fingerprint density at radius 3 is 2.17 bits per heavy atom. The van der Waals surface area contributed by atoms with Crippen molar-refractivity contribution >= 4 is 29.0 Å². The first-order valence-electron chi connectivity index (χ1n) is 8.73. The van der Waals surface area contributed by atoms with Crippen molar-refractivity contribution in [2.24, 2.45) is 0 Å². The van der Waals surface area contributed by atoms with Gasteiger partial charge in [0.05, 0.1) is 14.2 Å². The molecule has 0 atom stereocenters. The predicted molar refractivity (Wildman–Crippen MR) is 109 cm³/mol. The summed E-state index contributed by atoms with van der Waals surface area (Å²) in [5.41, 5.74) is 1.67. The molecule has 3 aromatic rings. The minimum Gasteiger partial charge on any atom is -0.497 e. The Bertz CT molecular complexity index is 944. The molecule has 0 bridgehead atoms. The summed E-state index contributed by atoms with van der Waals surface area (Å²) in [5.74, 6) is 0.699. The molecule has 0 radical (unpaired) electrons. The van der Waals surface area contributed by atoms with Crippen LogP contribution in [-0.2, 0) is 11.3 Å². The van der Waals surface area contributed by atoms with Crippen LogP contribution in [0.5, 0.6) is 11.5 Å². The van der Waals surface area contributed by atoms with Crippen molar-refractivity contribution in [3.05, 3.63) is 65.2 Å². The van der Waals surface area contributed by atoms with Gasteiger partial charge >= 0.3 is 0 Å². The lowest BCUT2D eigenvalue weighted by molar-refractivity contribution is -0.119. The lowest BCUT2D eigenvalue weighted by Gasteiger charge is -2.21. The number of carbonyl (C=O) groups excluding carboxylic acids is 2. The van der Waals surface area contributed by atoms with Crippen molar-refractivity contribution < 1.29 is 19.1 Å². The lowest BCUT2D eigenvalue weighted by atomic mass is 10.2. The Morgan fingerprint density at radius 2 is 1.62 bits per heavy atom. The van der Waals surface area contributed by atoms with E-state index in [9.17, 15) is 9.59 Å². The molecule has 0 aliphatic carbocycles. The molecule has 0 saturated carbocycles. The number of carbonyl (C=O) groups is 2. The lowest BCUT2D eigenvalue weighted by Crippen LogP contribution is -2.40. The second-order valence-electron chi connectivity index (χ2n) is 6.00. The van der Waals surface area contributed by atoms with Gasteiger partial charge < -0.3 is 14.8 Å². The molecule has 0 aliphatic rings. The van der Waals surface area contributed by atoms with Crippen LogP contribution in [-0.4, -0.2) is 42.2 Å². The average molecular weight is 412 g/mol. The van der Waals surface area contributed by atoms with Gasteiger partial charge in [0.2, 0.25) is 5.91 Å². The highest BCUT2D eigenvalue weighted by Gasteiger charge is 2.22. The molecular formula is C20H20N4O4S. The molecular weight excluding hydrogens is 392 g/mol. The first-order chi connectivity index (χ1) is 14.1. The van der Waals surface area contributed by atoms with Gasteiger partial charge in [-0.05, 0) is 53.5 Å². The fourth-order valence-electron chi connectivity index (χ4n) is 2.58. The highest BCUT2D eigenvalue weighted by atomic mass is 32.1. The molecule has 9 heteroatoms. The molecule has 1 heterocycles. The van der Waals surface area contributed by atoms with E-state index in [1.54, 1.807) is 43.9 Å². The summed E-state index contributed by atoms with van der Waals surface area (Å²) in [6.07, 6.45) is 0. The highest BCUT2D eigenvalue weighted by Crippen LogP contribution is 2.21. The zero-order chi connectivity index (χ0) is 20.6. The number of hydrogen-bond acceptors (Lipinski definition) is 7. The summed E-state index contributed by atoms with van der Waals surface area (Å²) in [7, 11) is 3.16. The van der Waals surface area contributed by atoms with E-state index < -0.39 is 5.91 Å². The summed E-state index contributed by atoms with van der Waals surface area (Å²) in [4.78, 5) is 26.7. The Hall–Kier alpha value is -3.46. The molecule has 2 aromatic carbocycles. The van der Waals surface area contributed by atoms with Crippen LogP contribution in [0.25, 0.3) is 0 Å². The van der Waals surface area contributed by atoms with E-state index in [4.69, 9.17) is 9.47 Å². The normalized spacial score (nSPS) is 10.3. The SMILES string of the molecule is COc1ccc(CNC(=O)CN(C(=O)c2csnn2)c2ccc(OC)cc2)cc1. The van der Waals surface area contributed by atoms with Gasteiger partial charge in [0.25, 0.3) is 5.91 Å². The third-order valence-electron chi connectivity index (χ3n) is 4.16. The topological polar surface area (TPSA) is 93.7 Å². The minimum atomic E-state index is -0.400. The van der Waals surface area contributed by atoms with Crippen LogP contribution in [0.4, 0.5) is 5.69 Å². The van der Waals surface area contributed by atoms with E-state index in [1.165, 1.54) is 4.90 Å². The van der Waals surface area contributed by atoms with E-state index in [0.717, 1.165) is 22.8 Å². The zero-order valence-electron chi connectivity index (χ0n) is 16.0.